The lowest BCUT2D eigenvalue weighted by molar-refractivity contribution is 0.0946. The van der Waals surface area contributed by atoms with E-state index in [9.17, 15) is 4.79 Å². The number of pyridine rings is 1. The Morgan fingerprint density at radius 1 is 0.963 bits per heavy atom. The summed E-state index contributed by atoms with van der Waals surface area (Å²) in [4.78, 5) is 16.4. The lowest BCUT2D eigenvalue weighted by atomic mass is 10.1. The fourth-order valence-corrected chi connectivity index (χ4v) is 2.64. The van der Waals surface area contributed by atoms with Crippen molar-refractivity contribution in [2.45, 2.75) is 13.0 Å². The van der Waals surface area contributed by atoms with E-state index in [1.54, 1.807) is 19.4 Å². The highest BCUT2D eigenvalue weighted by molar-refractivity contribution is 5.92. The number of methoxy groups -OCH3 is 1. The third kappa shape index (κ3) is 5.57. The van der Waals surface area contributed by atoms with Gasteiger partial charge in [0, 0.05) is 13.1 Å². The van der Waals surface area contributed by atoms with E-state index in [0.717, 1.165) is 30.0 Å². The first-order chi connectivity index (χ1) is 13.2. The van der Waals surface area contributed by atoms with Crippen molar-refractivity contribution in [2.75, 3.05) is 19.0 Å². The minimum atomic E-state index is -0.177. The van der Waals surface area contributed by atoms with Gasteiger partial charge in [-0.2, -0.15) is 0 Å². The Kier molecular flexibility index (Phi) is 6.41. The van der Waals surface area contributed by atoms with Gasteiger partial charge < -0.3 is 15.4 Å². The van der Waals surface area contributed by atoms with Gasteiger partial charge in [0.05, 0.1) is 19.0 Å². The molecular weight excluding hydrogens is 338 g/mol. The van der Waals surface area contributed by atoms with Crippen LogP contribution in [-0.2, 0) is 13.0 Å². The molecule has 1 heterocycles. The molecule has 27 heavy (non-hydrogen) atoms. The van der Waals surface area contributed by atoms with Gasteiger partial charge in [-0.25, -0.2) is 4.98 Å². The number of rotatable bonds is 8. The maximum absolute atomic E-state index is 12.2. The SMILES string of the molecule is COc1ccc(CCNc2ccc(C(=O)NCc3ccccc3)nc2)cc1. The van der Waals surface area contributed by atoms with E-state index in [2.05, 4.69) is 27.8 Å². The molecule has 2 N–H and O–H groups in total. The fraction of sp³-hybridized carbons (Fsp3) is 0.182. The molecule has 138 valence electrons. The van der Waals surface area contributed by atoms with E-state index in [-0.39, 0.29) is 5.91 Å². The number of hydrogen-bond donors (Lipinski definition) is 2. The van der Waals surface area contributed by atoms with E-state index < -0.39 is 0 Å². The second kappa shape index (κ2) is 9.38. The van der Waals surface area contributed by atoms with Crippen molar-refractivity contribution in [1.29, 1.82) is 0 Å². The minimum Gasteiger partial charge on any atom is -0.497 e. The third-order valence-corrected chi connectivity index (χ3v) is 4.19. The van der Waals surface area contributed by atoms with Gasteiger partial charge in [0.25, 0.3) is 5.91 Å². The summed E-state index contributed by atoms with van der Waals surface area (Å²) in [5.74, 6) is 0.681. The van der Waals surface area contributed by atoms with Crippen molar-refractivity contribution in [2.24, 2.45) is 0 Å². The Labute approximate surface area is 159 Å². The average molecular weight is 361 g/mol. The molecule has 0 saturated heterocycles. The van der Waals surface area contributed by atoms with Crippen molar-refractivity contribution < 1.29 is 9.53 Å². The third-order valence-electron chi connectivity index (χ3n) is 4.19. The molecule has 5 nitrogen and oxygen atoms in total. The van der Waals surface area contributed by atoms with Crippen molar-refractivity contribution >= 4 is 11.6 Å². The molecule has 0 atom stereocenters. The summed E-state index contributed by atoms with van der Waals surface area (Å²) in [5, 5.41) is 6.20. The number of nitrogens with zero attached hydrogens (tertiary/aromatic N) is 1. The van der Waals surface area contributed by atoms with Crippen LogP contribution in [0.4, 0.5) is 5.69 Å². The summed E-state index contributed by atoms with van der Waals surface area (Å²) < 4.78 is 5.16. The molecule has 0 saturated carbocycles. The Morgan fingerprint density at radius 3 is 2.41 bits per heavy atom. The summed E-state index contributed by atoms with van der Waals surface area (Å²) in [6.45, 7) is 1.27. The molecule has 0 aliphatic rings. The lowest BCUT2D eigenvalue weighted by Crippen LogP contribution is -2.23. The number of hydrogen-bond acceptors (Lipinski definition) is 4. The van der Waals surface area contributed by atoms with Gasteiger partial charge in [-0.15, -0.1) is 0 Å². The zero-order valence-corrected chi connectivity index (χ0v) is 15.3. The zero-order chi connectivity index (χ0) is 18.9. The Hall–Kier alpha value is -3.34. The van der Waals surface area contributed by atoms with Gasteiger partial charge in [-0.3, -0.25) is 4.79 Å². The van der Waals surface area contributed by atoms with Crippen LogP contribution in [0, 0.1) is 0 Å². The summed E-state index contributed by atoms with van der Waals surface area (Å²) in [7, 11) is 1.66. The van der Waals surface area contributed by atoms with Crippen LogP contribution in [-0.4, -0.2) is 24.5 Å². The van der Waals surface area contributed by atoms with E-state index in [1.807, 2.05) is 48.5 Å². The fourth-order valence-electron chi connectivity index (χ4n) is 2.64. The quantitative estimate of drug-likeness (QED) is 0.642. The van der Waals surface area contributed by atoms with Crippen molar-refractivity contribution in [3.63, 3.8) is 0 Å². The first-order valence-corrected chi connectivity index (χ1v) is 8.89. The second-order valence-corrected chi connectivity index (χ2v) is 6.13. The summed E-state index contributed by atoms with van der Waals surface area (Å²) in [6.07, 6.45) is 2.58. The van der Waals surface area contributed by atoms with E-state index in [1.165, 1.54) is 5.56 Å². The molecule has 1 amide bonds. The first kappa shape index (κ1) is 18.5. The molecule has 5 heteroatoms. The predicted molar refractivity (Wildman–Crippen MR) is 107 cm³/mol. The lowest BCUT2D eigenvalue weighted by Gasteiger charge is -2.08. The van der Waals surface area contributed by atoms with Crippen molar-refractivity contribution in [3.05, 3.63) is 89.7 Å². The number of nitrogens with one attached hydrogen (secondary N) is 2. The zero-order valence-electron chi connectivity index (χ0n) is 15.3. The topological polar surface area (TPSA) is 63.2 Å². The molecule has 0 fully saturated rings. The number of benzene rings is 2. The van der Waals surface area contributed by atoms with Crippen LogP contribution < -0.4 is 15.4 Å². The van der Waals surface area contributed by atoms with Crippen LogP contribution in [0.25, 0.3) is 0 Å². The van der Waals surface area contributed by atoms with E-state index >= 15 is 0 Å². The Balaban J connectivity index is 1.45. The van der Waals surface area contributed by atoms with Crippen LogP contribution >= 0.6 is 0 Å². The number of carbonyl (C=O) groups excluding carboxylic acids is 1. The highest BCUT2D eigenvalue weighted by Crippen LogP contribution is 2.12. The molecule has 2 aromatic carbocycles. The molecule has 1 aromatic heterocycles. The second-order valence-electron chi connectivity index (χ2n) is 6.13. The minimum absolute atomic E-state index is 0.177. The Morgan fingerprint density at radius 2 is 1.74 bits per heavy atom. The Bertz CT molecular complexity index is 847. The van der Waals surface area contributed by atoms with E-state index in [4.69, 9.17) is 4.74 Å². The average Bonchev–Trinajstić information content (AvgIpc) is 2.74. The molecule has 0 bridgehead atoms. The van der Waals surface area contributed by atoms with Crippen LogP contribution in [0.5, 0.6) is 5.75 Å². The highest BCUT2D eigenvalue weighted by Gasteiger charge is 2.06. The number of aromatic nitrogens is 1. The maximum Gasteiger partial charge on any atom is 0.270 e. The maximum atomic E-state index is 12.2. The molecule has 3 rings (SSSR count). The predicted octanol–water partition coefficient (Wildman–Crippen LogP) is 3.67. The normalized spacial score (nSPS) is 10.3. The number of anilines is 1. The summed E-state index contributed by atoms with van der Waals surface area (Å²) >= 11 is 0. The van der Waals surface area contributed by atoms with Crippen molar-refractivity contribution in [1.82, 2.24) is 10.3 Å². The number of amides is 1. The smallest absolute Gasteiger partial charge is 0.270 e. The first-order valence-electron chi connectivity index (χ1n) is 8.89. The number of carbonyl (C=O) groups is 1. The molecule has 0 aliphatic heterocycles. The van der Waals surface area contributed by atoms with Crippen LogP contribution in [0.3, 0.4) is 0 Å². The standard InChI is InChI=1S/C22H23N3O2/c1-27-20-10-7-17(8-11-20)13-14-23-19-9-12-21(24-16-19)22(26)25-15-18-5-3-2-4-6-18/h2-12,16,23H,13-15H2,1H3,(H,25,26). The van der Waals surface area contributed by atoms with Gasteiger partial charge in [-0.1, -0.05) is 42.5 Å². The van der Waals surface area contributed by atoms with Crippen LogP contribution in [0.15, 0.2) is 72.9 Å². The summed E-state index contributed by atoms with van der Waals surface area (Å²) in [6, 6.07) is 21.4. The molecule has 3 aromatic rings. The van der Waals surface area contributed by atoms with Gasteiger partial charge >= 0.3 is 0 Å². The van der Waals surface area contributed by atoms with Gasteiger partial charge in [0.2, 0.25) is 0 Å². The molecule has 0 radical (unpaired) electrons. The number of ether oxygens (including phenoxy) is 1. The van der Waals surface area contributed by atoms with E-state index in [0.29, 0.717) is 12.2 Å². The molecule has 0 aliphatic carbocycles. The van der Waals surface area contributed by atoms with Crippen LogP contribution in [0.2, 0.25) is 0 Å². The van der Waals surface area contributed by atoms with Crippen LogP contribution in [0.1, 0.15) is 21.6 Å². The largest absolute Gasteiger partial charge is 0.497 e. The highest BCUT2D eigenvalue weighted by atomic mass is 16.5. The van der Waals surface area contributed by atoms with Gasteiger partial charge in [-0.05, 0) is 41.8 Å². The molecule has 0 spiro atoms. The monoisotopic (exact) mass is 361 g/mol. The summed E-state index contributed by atoms with van der Waals surface area (Å²) in [5.41, 5.74) is 3.59. The molecule has 0 unspecified atom stereocenters. The van der Waals surface area contributed by atoms with Gasteiger partial charge in [0.15, 0.2) is 0 Å². The van der Waals surface area contributed by atoms with Gasteiger partial charge in [0.1, 0.15) is 11.4 Å². The molecular formula is C22H23N3O2. The van der Waals surface area contributed by atoms with Crippen molar-refractivity contribution in [3.8, 4) is 5.75 Å².